The summed E-state index contributed by atoms with van der Waals surface area (Å²) >= 11 is 0. The van der Waals surface area contributed by atoms with Gasteiger partial charge in [0, 0.05) is 18.7 Å². The molecule has 5 rings (SSSR count). The molecule has 1 aliphatic heterocycles. The number of aryl methyl sites for hydroxylation is 1. The Balaban J connectivity index is 1.49. The number of hydrogen-bond acceptors (Lipinski definition) is 2. The highest BCUT2D eigenvalue weighted by atomic mass is 32.2. The number of hydrogen-bond donors (Lipinski definition) is 0. The Kier molecular flexibility index (Phi) is 3.82. The van der Waals surface area contributed by atoms with Crippen molar-refractivity contribution in [2.75, 3.05) is 6.54 Å². The van der Waals surface area contributed by atoms with Crippen LogP contribution in [0.3, 0.4) is 0 Å². The molecule has 0 aromatic heterocycles. The first kappa shape index (κ1) is 16.6. The second-order valence-corrected chi connectivity index (χ2v) is 10.4. The van der Waals surface area contributed by atoms with Crippen LogP contribution in [-0.4, -0.2) is 19.3 Å². The molecule has 4 aliphatic rings. The summed E-state index contributed by atoms with van der Waals surface area (Å²) in [7, 11) is -3.46. The SMILES string of the molecule is Cc1ccc(S(=O)(=O)N2C=CC3=C4CCCCC4C(C4CC4)C3C2)cc1. The molecule has 0 saturated heterocycles. The maximum Gasteiger partial charge on any atom is 0.263 e. The van der Waals surface area contributed by atoms with Crippen LogP contribution >= 0.6 is 0 Å². The van der Waals surface area contributed by atoms with Crippen LogP contribution in [0.1, 0.15) is 44.1 Å². The van der Waals surface area contributed by atoms with Crippen molar-refractivity contribution in [2.24, 2.45) is 23.7 Å². The third kappa shape index (κ3) is 2.57. The highest BCUT2D eigenvalue weighted by Gasteiger charge is 2.50. The Labute approximate surface area is 156 Å². The summed E-state index contributed by atoms with van der Waals surface area (Å²) in [5, 5.41) is 0. The predicted molar refractivity (Wildman–Crippen MR) is 103 cm³/mol. The molecule has 3 aliphatic carbocycles. The second-order valence-electron chi connectivity index (χ2n) is 8.56. The van der Waals surface area contributed by atoms with E-state index in [1.807, 2.05) is 25.3 Å². The molecule has 0 N–H and O–H groups in total. The fraction of sp³-hybridized carbons (Fsp3) is 0.545. The summed E-state index contributed by atoms with van der Waals surface area (Å²) in [6.07, 6.45) is 11.8. The van der Waals surface area contributed by atoms with E-state index in [0.717, 1.165) is 17.4 Å². The Hall–Kier alpha value is -1.55. The van der Waals surface area contributed by atoms with E-state index < -0.39 is 10.0 Å². The molecule has 1 heterocycles. The number of nitrogens with zero attached hydrogens (tertiary/aromatic N) is 1. The molecular formula is C22H27NO2S. The van der Waals surface area contributed by atoms with Crippen molar-refractivity contribution in [2.45, 2.75) is 50.3 Å². The average molecular weight is 370 g/mol. The van der Waals surface area contributed by atoms with E-state index in [0.29, 0.717) is 23.3 Å². The normalized spacial score (nSPS) is 31.1. The van der Waals surface area contributed by atoms with Crippen LogP contribution in [0.5, 0.6) is 0 Å². The van der Waals surface area contributed by atoms with Gasteiger partial charge in [0.2, 0.25) is 0 Å². The van der Waals surface area contributed by atoms with Gasteiger partial charge in [0.25, 0.3) is 10.0 Å². The summed E-state index contributed by atoms with van der Waals surface area (Å²) in [5.74, 6) is 2.64. The van der Waals surface area contributed by atoms with E-state index in [1.165, 1.54) is 44.1 Å². The van der Waals surface area contributed by atoms with Gasteiger partial charge in [-0.2, -0.15) is 0 Å². The molecule has 1 aromatic carbocycles. The molecule has 2 fully saturated rings. The Bertz CT molecular complexity index is 877. The van der Waals surface area contributed by atoms with Gasteiger partial charge in [-0.3, -0.25) is 4.31 Å². The number of rotatable bonds is 3. The molecule has 26 heavy (non-hydrogen) atoms. The topological polar surface area (TPSA) is 37.4 Å². The summed E-state index contributed by atoms with van der Waals surface area (Å²) in [6, 6.07) is 7.23. The van der Waals surface area contributed by atoms with E-state index in [-0.39, 0.29) is 0 Å². The average Bonchev–Trinajstić information content (AvgIpc) is 3.43. The van der Waals surface area contributed by atoms with E-state index in [2.05, 4.69) is 6.08 Å². The summed E-state index contributed by atoms with van der Waals surface area (Å²) < 4.78 is 27.9. The lowest BCUT2D eigenvalue weighted by atomic mass is 9.76. The molecule has 4 heteroatoms. The minimum Gasteiger partial charge on any atom is -0.273 e. The molecule has 1 aromatic rings. The zero-order chi connectivity index (χ0) is 17.9. The smallest absolute Gasteiger partial charge is 0.263 e. The maximum absolute atomic E-state index is 13.2. The van der Waals surface area contributed by atoms with Gasteiger partial charge in [-0.15, -0.1) is 0 Å². The number of allylic oxidation sites excluding steroid dienone is 2. The van der Waals surface area contributed by atoms with E-state index >= 15 is 0 Å². The molecule has 0 radical (unpaired) electrons. The zero-order valence-electron chi connectivity index (χ0n) is 15.4. The summed E-state index contributed by atoms with van der Waals surface area (Å²) in [5.41, 5.74) is 4.24. The fourth-order valence-electron chi connectivity index (χ4n) is 5.58. The third-order valence-electron chi connectivity index (χ3n) is 6.95. The molecule has 0 bridgehead atoms. The number of fused-ring (bicyclic) bond motifs is 2. The summed E-state index contributed by atoms with van der Waals surface area (Å²) in [6.45, 7) is 2.61. The minimum atomic E-state index is -3.46. The predicted octanol–water partition coefficient (Wildman–Crippen LogP) is 4.66. The van der Waals surface area contributed by atoms with Gasteiger partial charge < -0.3 is 0 Å². The van der Waals surface area contributed by atoms with Crippen LogP contribution in [0.15, 0.2) is 52.6 Å². The second kappa shape index (κ2) is 5.98. The van der Waals surface area contributed by atoms with Crippen molar-refractivity contribution < 1.29 is 8.42 Å². The van der Waals surface area contributed by atoms with E-state index in [4.69, 9.17) is 0 Å². The molecule has 0 spiro atoms. The highest BCUT2D eigenvalue weighted by Crippen LogP contribution is 2.58. The Morgan fingerprint density at radius 1 is 1.00 bits per heavy atom. The highest BCUT2D eigenvalue weighted by molar-refractivity contribution is 7.89. The standard InChI is InChI=1S/C22H27NO2S/c1-15-6-10-17(11-7-15)26(24,25)23-13-12-19-18-4-2-3-5-20(18)22(16-8-9-16)21(19)14-23/h6-7,10-13,16,20-22H,2-5,8-9,14H2,1H3. The van der Waals surface area contributed by atoms with Gasteiger partial charge in [0.1, 0.15) is 0 Å². The first-order valence-electron chi connectivity index (χ1n) is 10.1. The lowest BCUT2D eigenvalue weighted by Crippen LogP contribution is -2.37. The van der Waals surface area contributed by atoms with Gasteiger partial charge in [-0.25, -0.2) is 8.42 Å². The van der Waals surface area contributed by atoms with Gasteiger partial charge >= 0.3 is 0 Å². The molecule has 3 nitrogen and oxygen atoms in total. The molecular weight excluding hydrogens is 342 g/mol. The van der Waals surface area contributed by atoms with E-state index in [1.54, 1.807) is 22.0 Å². The Morgan fingerprint density at radius 3 is 2.50 bits per heavy atom. The summed E-state index contributed by atoms with van der Waals surface area (Å²) in [4.78, 5) is 0.405. The van der Waals surface area contributed by atoms with Gasteiger partial charge in [-0.1, -0.05) is 29.7 Å². The quantitative estimate of drug-likeness (QED) is 0.777. The van der Waals surface area contributed by atoms with Crippen molar-refractivity contribution in [3.05, 3.63) is 53.3 Å². The number of benzene rings is 1. The minimum absolute atomic E-state index is 0.405. The van der Waals surface area contributed by atoms with Crippen molar-refractivity contribution >= 4 is 10.0 Å². The van der Waals surface area contributed by atoms with Gasteiger partial charge in [-0.05, 0) is 80.6 Å². The van der Waals surface area contributed by atoms with Crippen molar-refractivity contribution in [3.8, 4) is 0 Å². The van der Waals surface area contributed by atoms with Crippen LogP contribution in [-0.2, 0) is 10.0 Å². The number of sulfonamides is 1. The van der Waals surface area contributed by atoms with Gasteiger partial charge in [0.05, 0.1) is 4.90 Å². The van der Waals surface area contributed by atoms with Crippen LogP contribution in [0.25, 0.3) is 0 Å². The lowest BCUT2D eigenvalue weighted by molar-refractivity contribution is 0.233. The zero-order valence-corrected chi connectivity index (χ0v) is 16.2. The van der Waals surface area contributed by atoms with Crippen molar-refractivity contribution in [1.29, 1.82) is 0 Å². The first-order chi connectivity index (χ1) is 12.6. The molecule has 3 atom stereocenters. The van der Waals surface area contributed by atoms with Crippen LogP contribution in [0.2, 0.25) is 0 Å². The van der Waals surface area contributed by atoms with E-state index in [9.17, 15) is 8.42 Å². The lowest BCUT2D eigenvalue weighted by Gasteiger charge is -2.34. The van der Waals surface area contributed by atoms with Crippen molar-refractivity contribution in [3.63, 3.8) is 0 Å². The fourth-order valence-corrected chi connectivity index (χ4v) is 6.91. The Morgan fingerprint density at radius 2 is 1.77 bits per heavy atom. The third-order valence-corrected chi connectivity index (χ3v) is 8.71. The van der Waals surface area contributed by atoms with Crippen LogP contribution in [0.4, 0.5) is 0 Å². The molecule has 3 unspecified atom stereocenters. The maximum atomic E-state index is 13.2. The van der Waals surface area contributed by atoms with Crippen LogP contribution in [0, 0.1) is 30.6 Å². The molecule has 0 amide bonds. The van der Waals surface area contributed by atoms with Crippen LogP contribution < -0.4 is 0 Å². The largest absolute Gasteiger partial charge is 0.273 e. The molecule has 138 valence electrons. The first-order valence-corrected chi connectivity index (χ1v) is 11.5. The molecule has 2 saturated carbocycles. The van der Waals surface area contributed by atoms with Crippen molar-refractivity contribution in [1.82, 2.24) is 4.31 Å². The van der Waals surface area contributed by atoms with Gasteiger partial charge in [0.15, 0.2) is 0 Å². The monoisotopic (exact) mass is 369 g/mol.